The minimum Gasteiger partial charge on any atom is -0.495 e. The average Bonchev–Trinajstić information content (AvgIpc) is 2.46. The quantitative estimate of drug-likeness (QED) is 0.451. The zero-order valence-corrected chi connectivity index (χ0v) is 11.3. The Hall–Kier alpha value is -2.31. The largest absolute Gasteiger partial charge is 0.495 e. The number of carbonyl (C=O) groups excluding carboxylic acids is 1. The van der Waals surface area contributed by atoms with Crippen LogP contribution in [-0.4, -0.2) is 18.0 Å². The maximum Gasteiger partial charge on any atom is 0.270 e. The Morgan fingerprint density at radius 1 is 1.35 bits per heavy atom. The summed E-state index contributed by atoms with van der Waals surface area (Å²) >= 11 is 6.03. The Morgan fingerprint density at radius 2 is 2.10 bits per heavy atom. The number of nitrogens with two attached hydrogens (primary N) is 1. The van der Waals surface area contributed by atoms with Crippen LogP contribution in [0.5, 0.6) is 5.75 Å². The lowest BCUT2D eigenvalue weighted by Crippen LogP contribution is -2.34. The van der Waals surface area contributed by atoms with E-state index < -0.39 is 11.5 Å². The summed E-state index contributed by atoms with van der Waals surface area (Å²) in [6.07, 6.45) is 0. The van der Waals surface area contributed by atoms with Gasteiger partial charge in [0.1, 0.15) is 11.3 Å². The second-order valence-corrected chi connectivity index (χ2v) is 4.34. The minimum atomic E-state index is -0.648. The molecule has 0 bridgehead atoms. The lowest BCUT2D eigenvalue weighted by atomic mass is 10.1. The normalized spacial score (nSPS) is 10.2. The standard InChI is InChI=1S/C13H12ClN3O3/c1-20-11-5-2-7(6-9(11)14)10-4-3-8(12(18)16-10)13(19)17-15/h2-6H,15H2,1H3,(H,16,18)(H,17,19). The van der Waals surface area contributed by atoms with Gasteiger partial charge in [-0.05, 0) is 35.9 Å². The molecular formula is C13H12ClN3O3. The van der Waals surface area contributed by atoms with Crippen molar-refractivity contribution in [2.75, 3.05) is 7.11 Å². The van der Waals surface area contributed by atoms with E-state index in [-0.39, 0.29) is 5.56 Å². The van der Waals surface area contributed by atoms with Gasteiger partial charge in [-0.25, -0.2) is 5.84 Å². The molecule has 0 atom stereocenters. The Bertz CT molecular complexity index is 712. The van der Waals surface area contributed by atoms with E-state index in [0.717, 1.165) is 0 Å². The van der Waals surface area contributed by atoms with Gasteiger partial charge in [0, 0.05) is 5.69 Å². The average molecular weight is 294 g/mol. The van der Waals surface area contributed by atoms with Crippen molar-refractivity contribution in [2.24, 2.45) is 5.84 Å². The number of halogens is 1. The zero-order valence-electron chi connectivity index (χ0n) is 10.6. The van der Waals surface area contributed by atoms with Gasteiger partial charge in [-0.3, -0.25) is 15.0 Å². The summed E-state index contributed by atoms with van der Waals surface area (Å²) in [4.78, 5) is 25.7. The number of nitrogens with one attached hydrogen (secondary N) is 2. The molecule has 20 heavy (non-hydrogen) atoms. The highest BCUT2D eigenvalue weighted by molar-refractivity contribution is 6.32. The van der Waals surface area contributed by atoms with Crippen molar-refractivity contribution in [3.8, 4) is 17.0 Å². The van der Waals surface area contributed by atoms with Crippen LogP contribution in [0.3, 0.4) is 0 Å². The van der Waals surface area contributed by atoms with Crippen molar-refractivity contribution in [1.82, 2.24) is 10.4 Å². The Labute approximate surface area is 119 Å². The summed E-state index contributed by atoms with van der Waals surface area (Å²) in [6, 6.07) is 8.10. The molecular weight excluding hydrogens is 282 g/mol. The number of amides is 1. The molecule has 4 N–H and O–H groups in total. The summed E-state index contributed by atoms with van der Waals surface area (Å²) in [7, 11) is 1.52. The number of nitrogen functional groups attached to an aromatic ring is 1. The molecule has 2 aromatic rings. The van der Waals surface area contributed by atoms with Crippen LogP contribution in [0, 0.1) is 0 Å². The number of carbonyl (C=O) groups is 1. The van der Waals surface area contributed by atoms with E-state index in [1.54, 1.807) is 24.3 Å². The SMILES string of the molecule is COc1ccc(-c2ccc(C(=O)NN)c(=O)[nH]2)cc1Cl. The van der Waals surface area contributed by atoms with E-state index in [9.17, 15) is 9.59 Å². The first-order valence-corrected chi connectivity index (χ1v) is 6.02. The van der Waals surface area contributed by atoms with Gasteiger partial charge >= 0.3 is 0 Å². The second kappa shape index (κ2) is 5.77. The summed E-state index contributed by atoms with van der Waals surface area (Å²) in [5, 5.41) is 0.426. The Morgan fingerprint density at radius 3 is 2.65 bits per heavy atom. The number of benzene rings is 1. The molecule has 0 radical (unpaired) electrons. The fourth-order valence-corrected chi connectivity index (χ4v) is 1.99. The predicted octanol–water partition coefficient (Wildman–Crippen LogP) is 1.31. The fraction of sp³-hybridized carbons (Fsp3) is 0.0769. The monoisotopic (exact) mass is 293 g/mol. The van der Waals surface area contributed by atoms with Gasteiger partial charge in [0.05, 0.1) is 12.1 Å². The van der Waals surface area contributed by atoms with Crippen LogP contribution in [0.4, 0.5) is 0 Å². The molecule has 0 aliphatic heterocycles. The summed E-state index contributed by atoms with van der Waals surface area (Å²) in [6.45, 7) is 0. The molecule has 0 aliphatic rings. The number of hydrogen-bond donors (Lipinski definition) is 3. The number of hydrazine groups is 1. The Balaban J connectivity index is 2.44. The molecule has 0 unspecified atom stereocenters. The van der Waals surface area contributed by atoms with Gasteiger partial charge in [0.15, 0.2) is 0 Å². The van der Waals surface area contributed by atoms with E-state index in [0.29, 0.717) is 22.0 Å². The highest BCUT2D eigenvalue weighted by Crippen LogP contribution is 2.28. The molecule has 0 saturated heterocycles. The van der Waals surface area contributed by atoms with E-state index in [2.05, 4.69) is 4.98 Å². The molecule has 1 heterocycles. The van der Waals surface area contributed by atoms with Crippen LogP contribution < -0.4 is 21.6 Å². The summed E-state index contributed by atoms with van der Waals surface area (Å²) < 4.78 is 5.05. The van der Waals surface area contributed by atoms with Crippen molar-refractivity contribution in [1.29, 1.82) is 0 Å². The molecule has 104 valence electrons. The van der Waals surface area contributed by atoms with Crippen LogP contribution >= 0.6 is 11.6 Å². The molecule has 0 aliphatic carbocycles. The first kappa shape index (κ1) is 14.1. The van der Waals surface area contributed by atoms with Gasteiger partial charge in [-0.1, -0.05) is 11.6 Å². The van der Waals surface area contributed by atoms with Crippen LogP contribution in [0.25, 0.3) is 11.3 Å². The maximum absolute atomic E-state index is 11.8. The molecule has 0 saturated carbocycles. The summed E-state index contributed by atoms with van der Waals surface area (Å²) in [5.74, 6) is 4.88. The third-order valence-corrected chi connectivity index (χ3v) is 3.04. The van der Waals surface area contributed by atoms with Gasteiger partial charge in [-0.15, -0.1) is 0 Å². The van der Waals surface area contributed by atoms with Crippen molar-refractivity contribution in [2.45, 2.75) is 0 Å². The lowest BCUT2D eigenvalue weighted by Gasteiger charge is -2.07. The third kappa shape index (κ3) is 2.66. The predicted molar refractivity (Wildman–Crippen MR) is 75.7 cm³/mol. The number of rotatable bonds is 3. The van der Waals surface area contributed by atoms with Gasteiger partial charge in [0.25, 0.3) is 11.5 Å². The molecule has 0 spiro atoms. The molecule has 6 nitrogen and oxygen atoms in total. The topological polar surface area (TPSA) is 97.2 Å². The molecule has 1 aromatic carbocycles. The van der Waals surface area contributed by atoms with Crippen LogP contribution in [0.1, 0.15) is 10.4 Å². The van der Waals surface area contributed by atoms with E-state index in [4.69, 9.17) is 22.2 Å². The molecule has 7 heteroatoms. The number of aromatic amines is 1. The van der Waals surface area contributed by atoms with Crippen molar-refractivity contribution >= 4 is 17.5 Å². The number of hydrogen-bond acceptors (Lipinski definition) is 4. The highest BCUT2D eigenvalue weighted by Gasteiger charge is 2.10. The highest BCUT2D eigenvalue weighted by atomic mass is 35.5. The number of methoxy groups -OCH3 is 1. The van der Waals surface area contributed by atoms with E-state index >= 15 is 0 Å². The van der Waals surface area contributed by atoms with Crippen molar-refractivity contribution in [3.05, 3.63) is 51.3 Å². The molecule has 2 rings (SSSR count). The van der Waals surface area contributed by atoms with E-state index in [1.165, 1.54) is 13.2 Å². The molecule has 1 amide bonds. The Kier molecular flexibility index (Phi) is 4.07. The number of aromatic nitrogens is 1. The minimum absolute atomic E-state index is 0.0594. The maximum atomic E-state index is 11.8. The third-order valence-electron chi connectivity index (χ3n) is 2.75. The fourth-order valence-electron chi connectivity index (χ4n) is 1.73. The molecule has 0 fully saturated rings. The second-order valence-electron chi connectivity index (χ2n) is 3.94. The van der Waals surface area contributed by atoms with Crippen molar-refractivity contribution < 1.29 is 9.53 Å². The van der Waals surface area contributed by atoms with Gasteiger partial charge < -0.3 is 9.72 Å². The number of H-pyrrole nitrogens is 1. The lowest BCUT2D eigenvalue weighted by molar-refractivity contribution is 0.0952. The first-order chi connectivity index (χ1) is 9.56. The summed E-state index contributed by atoms with van der Waals surface area (Å²) in [5.41, 5.74) is 2.56. The van der Waals surface area contributed by atoms with Crippen LogP contribution in [-0.2, 0) is 0 Å². The van der Waals surface area contributed by atoms with Crippen LogP contribution in [0.15, 0.2) is 35.1 Å². The number of pyridine rings is 1. The van der Waals surface area contributed by atoms with E-state index in [1.807, 2.05) is 5.43 Å². The van der Waals surface area contributed by atoms with Crippen LogP contribution in [0.2, 0.25) is 5.02 Å². The number of ether oxygens (including phenoxy) is 1. The van der Waals surface area contributed by atoms with Gasteiger partial charge in [-0.2, -0.15) is 0 Å². The zero-order chi connectivity index (χ0) is 14.7. The smallest absolute Gasteiger partial charge is 0.270 e. The molecule has 1 aromatic heterocycles. The van der Waals surface area contributed by atoms with Crippen molar-refractivity contribution in [3.63, 3.8) is 0 Å². The van der Waals surface area contributed by atoms with Gasteiger partial charge in [0.2, 0.25) is 0 Å². The first-order valence-electron chi connectivity index (χ1n) is 5.65.